The normalized spacial score (nSPS) is 19.9. The van der Waals surface area contributed by atoms with Crippen LogP contribution in [0, 0.1) is 0 Å². The molecule has 1 saturated heterocycles. The van der Waals surface area contributed by atoms with E-state index in [9.17, 15) is 0 Å². The Hall–Kier alpha value is -0.0400. The number of rotatable bonds is 1. The van der Waals surface area contributed by atoms with Gasteiger partial charge in [-0.15, -0.1) is 0 Å². The zero-order chi connectivity index (χ0) is 5.28. The van der Waals surface area contributed by atoms with Crippen molar-refractivity contribution in [2.45, 2.75) is 33.7 Å². The molecule has 1 fully saturated rings. The van der Waals surface area contributed by atoms with Gasteiger partial charge in [-0.05, 0) is 33.4 Å². The van der Waals surface area contributed by atoms with E-state index in [-0.39, 0.29) is 7.43 Å². The lowest BCUT2D eigenvalue weighted by Gasteiger charge is -2.34. The Morgan fingerprint density at radius 1 is 1.25 bits per heavy atom. The Labute approximate surface area is 52.7 Å². The van der Waals surface area contributed by atoms with Crippen LogP contribution in [0.4, 0.5) is 0 Å². The standard InChI is InChI=1S/C6H13N.CH4/c1-6(2)7-4-3-5-7;/h6H,3-5H2,1-2H3;1H4. The van der Waals surface area contributed by atoms with Gasteiger partial charge in [-0.3, -0.25) is 0 Å². The van der Waals surface area contributed by atoms with Crippen LogP contribution in [0.5, 0.6) is 0 Å². The SMILES string of the molecule is C.CC(C)N1CCC1. The van der Waals surface area contributed by atoms with Crippen LogP contribution >= 0.6 is 0 Å². The van der Waals surface area contributed by atoms with Gasteiger partial charge in [0.15, 0.2) is 0 Å². The molecular formula is C7H17N. The van der Waals surface area contributed by atoms with E-state index in [4.69, 9.17) is 0 Å². The zero-order valence-electron chi connectivity index (χ0n) is 5.15. The van der Waals surface area contributed by atoms with Crippen molar-refractivity contribution in [1.29, 1.82) is 0 Å². The number of hydrogen-bond acceptors (Lipinski definition) is 1. The predicted octanol–water partition coefficient (Wildman–Crippen LogP) is 1.74. The highest BCUT2D eigenvalue weighted by molar-refractivity contribution is 4.71. The first-order valence-corrected chi connectivity index (χ1v) is 3.05. The molecule has 0 aliphatic carbocycles. The molecule has 0 bridgehead atoms. The molecule has 8 heavy (non-hydrogen) atoms. The van der Waals surface area contributed by atoms with E-state index in [0.717, 1.165) is 6.04 Å². The first-order chi connectivity index (χ1) is 3.30. The minimum absolute atomic E-state index is 0. The second-order valence-corrected chi connectivity index (χ2v) is 2.48. The highest BCUT2D eigenvalue weighted by atomic mass is 15.2. The average molecular weight is 115 g/mol. The second-order valence-electron chi connectivity index (χ2n) is 2.48. The fraction of sp³-hybridized carbons (Fsp3) is 1.00. The smallest absolute Gasteiger partial charge is 0.00386 e. The number of nitrogens with zero attached hydrogens (tertiary/aromatic N) is 1. The molecule has 0 unspecified atom stereocenters. The van der Waals surface area contributed by atoms with Gasteiger partial charge in [0, 0.05) is 6.04 Å². The Morgan fingerprint density at radius 3 is 1.75 bits per heavy atom. The van der Waals surface area contributed by atoms with Crippen molar-refractivity contribution in [3.8, 4) is 0 Å². The van der Waals surface area contributed by atoms with Gasteiger partial charge in [0.05, 0.1) is 0 Å². The molecule has 0 amide bonds. The summed E-state index contributed by atoms with van der Waals surface area (Å²) < 4.78 is 0. The molecule has 0 N–H and O–H groups in total. The molecular weight excluding hydrogens is 98.1 g/mol. The fourth-order valence-electron chi connectivity index (χ4n) is 0.857. The Bertz CT molecular complexity index is 55.4. The molecule has 1 nitrogen and oxygen atoms in total. The maximum absolute atomic E-state index is 2.47. The summed E-state index contributed by atoms with van der Waals surface area (Å²) in [6, 6.07) is 0.786. The molecule has 0 saturated carbocycles. The summed E-state index contributed by atoms with van der Waals surface area (Å²) in [5, 5.41) is 0. The molecule has 0 radical (unpaired) electrons. The molecule has 0 atom stereocenters. The summed E-state index contributed by atoms with van der Waals surface area (Å²) in [6.45, 7) is 7.16. The Kier molecular flexibility index (Phi) is 3.06. The van der Waals surface area contributed by atoms with Crippen LogP contribution in [0.2, 0.25) is 0 Å². The fourth-order valence-corrected chi connectivity index (χ4v) is 0.857. The highest BCUT2D eigenvalue weighted by Gasteiger charge is 2.15. The summed E-state index contributed by atoms with van der Waals surface area (Å²) in [4.78, 5) is 2.47. The van der Waals surface area contributed by atoms with E-state index < -0.39 is 0 Å². The van der Waals surface area contributed by atoms with Gasteiger partial charge in [0.25, 0.3) is 0 Å². The Balaban J connectivity index is 0.000000490. The lowest BCUT2D eigenvalue weighted by Crippen LogP contribution is -2.41. The number of likely N-dealkylation sites (tertiary alicyclic amines) is 1. The van der Waals surface area contributed by atoms with Gasteiger partial charge < -0.3 is 4.90 Å². The van der Waals surface area contributed by atoms with Gasteiger partial charge in [-0.1, -0.05) is 7.43 Å². The van der Waals surface area contributed by atoms with Crippen LogP contribution in [0.3, 0.4) is 0 Å². The average Bonchev–Trinajstić information content (AvgIpc) is 1.23. The van der Waals surface area contributed by atoms with Crippen molar-refractivity contribution in [3.63, 3.8) is 0 Å². The lowest BCUT2D eigenvalue weighted by atomic mass is 10.2. The third-order valence-corrected chi connectivity index (χ3v) is 1.62. The minimum atomic E-state index is 0. The maximum Gasteiger partial charge on any atom is 0.00386 e. The second kappa shape index (κ2) is 3.08. The quantitative estimate of drug-likeness (QED) is 0.503. The van der Waals surface area contributed by atoms with Gasteiger partial charge in [0.2, 0.25) is 0 Å². The first-order valence-electron chi connectivity index (χ1n) is 3.05. The van der Waals surface area contributed by atoms with E-state index in [1.165, 1.54) is 19.5 Å². The summed E-state index contributed by atoms with van der Waals surface area (Å²) in [5.41, 5.74) is 0. The summed E-state index contributed by atoms with van der Waals surface area (Å²) >= 11 is 0. The van der Waals surface area contributed by atoms with Crippen molar-refractivity contribution < 1.29 is 0 Å². The van der Waals surface area contributed by atoms with Crippen molar-refractivity contribution in [1.82, 2.24) is 4.90 Å². The largest absolute Gasteiger partial charge is 0.301 e. The van der Waals surface area contributed by atoms with Crippen molar-refractivity contribution in [2.24, 2.45) is 0 Å². The predicted molar refractivity (Wildman–Crippen MR) is 38.1 cm³/mol. The Morgan fingerprint density at radius 2 is 1.75 bits per heavy atom. The molecule has 1 heterocycles. The van der Waals surface area contributed by atoms with Gasteiger partial charge in [-0.2, -0.15) is 0 Å². The molecule has 0 aromatic heterocycles. The van der Waals surface area contributed by atoms with Gasteiger partial charge in [-0.25, -0.2) is 0 Å². The molecule has 0 aromatic rings. The van der Waals surface area contributed by atoms with E-state index in [0.29, 0.717) is 0 Å². The monoisotopic (exact) mass is 115 g/mol. The van der Waals surface area contributed by atoms with Crippen LogP contribution < -0.4 is 0 Å². The molecule has 1 aliphatic heterocycles. The summed E-state index contributed by atoms with van der Waals surface area (Å²) in [6.07, 6.45) is 1.41. The topological polar surface area (TPSA) is 3.24 Å². The van der Waals surface area contributed by atoms with Crippen LogP contribution in [0.1, 0.15) is 27.7 Å². The molecule has 1 rings (SSSR count). The molecule has 1 heteroatoms. The van der Waals surface area contributed by atoms with Crippen LogP contribution in [-0.4, -0.2) is 24.0 Å². The molecule has 0 spiro atoms. The van der Waals surface area contributed by atoms with Crippen molar-refractivity contribution >= 4 is 0 Å². The summed E-state index contributed by atoms with van der Waals surface area (Å²) in [7, 11) is 0. The van der Waals surface area contributed by atoms with Crippen LogP contribution in [-0.2, 0) is 0 Å². The third-order valence-electron chi connectivity index (χ3n) is 1.62. The van der Waals surface area contributed by atoms with E-state index in [1.807, 2.05) is 0 Å². The molecule has 1 aliphatic rings. The van der Waals surface area contributed by atoms with E-state index >= 15 is 0 Å². The molecule has 0 aromatic carbocycles. The third kappa shape index (κ3) is 1.48. The van der Waals surface area contributed by atoms with Crippen molar-refractivity contribution in [2.75, 3.05) is 13.1 Å². The highest BCUT2D eigenvalue weighted by Crippen LogP contribution is 2.08. The molecule has 50 valence electrons. The zero-order valence-corrected chi connectivity index (χ0v) is 5.15. The van der Waals surface area contributed by atoms with Gasteiger partial charge >= 0.3 is 0 Å². The minimum Gasteiger partial charge on any atom is -0.301 e. The van der Waals surface area contributed by atoms with E-state index in [1.54, 1.807) is 0 Å². The summed E-state index contributed by atoms with van der Waals surface area (Å²) in [5.74, 6) is 0. The first kappa shape index (κ1) is 7.96. The lowest BCUT2D eigenvalue weighted by molar-refractivity contribution is 0.138. The van der Waals surface area contributed by atoms with E-state index in [2.05, 4.69) is 18.7 Å². The van der Waals surface area contributed by atoms with Crippen LogP contribution in [0.15, 0.2) is 0 Å². The maximum atomic E-state index is 2.47. The van der Waals surface area contributed by atoms with Gasteiger partial charge in [0.1, 0.15) is 0 Å². The van der Waals surface area contributed by atoms with Crippen LogP contribution in [0.25, 0.3) is 0 Å². The van der Waals surface area contributed by atoms with Crippen molar-refractivity contribution in [3.05, 3.63) is 0 Å². The number of hydrogen-bond donors (Lipinski definition) is 0.